The number of benzene rings is 3. The Kier molecular flexibility index (Phi) is 9.71. The number of hydrogen-bond donors (Lipinski definition) is 1. The van der Waals surface area contributed by atoms with Crippen LogP contribution in [-0.4, -0.2) is 51.9 Å². The minimum absolute atomic E-state index is 0.0609. The molecule has 0 aliphatic rings. The molecular weight excluding hydrogens is 558 g/mol. The third-order valence-electron chi connectivity index (χ3n) is 5.87. The second kappa shape index (κ2) is 12.7. The van der Waals surface area contributed by atoms with Crippen LogP contribution < -0.4 is 14.4 Å². The summed E-state index contributed by atoms with van der Waals surface area (Å²) in [6.07, 6.45) is 0.352. The number of nitrogens with one attached hydrogen (secondary N) is 1. The lowest BCUT2D eigenvalue weighted by Crippen LogP contribution is -2.51. The highest BCUT2D eigenvalue weighted by molar-refractivity contribution is 9.10. The van der Waals surface area contributed by atoms with Crippen LogP contribution in [0.1, 0.15) is 18.9 Å². The van der Waals surface area contributed by atoms with Gasteiger partial charge in [-0.1, -0.05) is 53.2 Å². The van der Waals surface area contributed by atoms with Crippen LogP contribution >= 0.6 is 15.9 Å². The number of rotatable bonds is 11. The molecule has 0 saturated carbocycles. The van der Waals surface area contributed by atoms with Gasteiger partial charge in [0, 0.05) is 18.1 Å². The van der Waals surface area contributed by atoms with Crippen LogP contribution in [0.25, 0.3) is 0 Å². The maximum atomic E-state index is 13.8. The lowest BCUT2D eigenvalue weighted by molar-refractivity contribution is -0.140. The van der Waals surface area contributed by atoms with E-state index in [4.69, 9.17) is 4.74 Å². The van der Waals surface area contributed by atoms with Crippen molar-refractivity contribution in [3.63, 3.8) is 0 Å². The van der Waals surface area contributed by atoms with E-state index in [2.05, 4.69) is 21.2 Å². The average Bonchev–Trinajstić information content (AvgIpc) is 2.92. The Morgan fingerprint density at radius 1 is 0.973 bits per heavy atom. The fourth-order valence-electron chi connectivity index (χ4n) is 3.87. The van der Waals surface area contributed by atoms with Gasteiger partial charge in [0.1, 0.15) is 18.3 Å². The molecule has 37 heavy (non-hydrogen) atoms. The molecule has 1 N–H and O–H groups in total. The minimum Gasteiger partial charge on any atom is -0.497 e. The van der Waals surface area contributed by atoms with Crippen molar-refractivity contribution in [3.8, 4) is 5.75 Å². The number of likely N-dealkylation sites (N-methyl/N-ethyl adjacent to an activating group) is 1. The number of carbonyl (C=O) groups is 2. The summed E-state index contributed by atoms with van der Waals surface area (Å²) in [4.78, 5) is 28.0. The quantitative estimate of drug-likeness (QED) is 0.362. The molecule has 0 bridgehead atoms. The molecule has 0 aliphatic carbocycles. The van der Waals surface area contributed by atoms with E-state index in [0.717, 1.165) is 14.3 Å². The van der Waals surface area contributed by atoms with Gasteiger partial charge in [0.25, 0.3) is 10.0 Å². The Hall–Kier alpha value is -3.37. The Labute approximate surface area is 226 Å². The Morgan fingerprint density at radius 3 is 2.14 bits per heavy atom. The van der Waals surface area contributed by atoms with E-state index in [-0.39, 0.29) is 17.3 Å². The van der Waals surface area contributed by atoms with Crippen LogP contribution in [0.4, 0.5) is 5.69 Å². The third kappa shape index (κ3) is 6.90. The number of amides is 2. The van der Waals surface area contributed by atoms with Gasteiger partial charge in [0.05, 0.1) is 17.7 Å². The SMILES string of the molecule is CC[C@@H](C(=O)NC)N(Cc1ccc(OC)cc1)C(=O)CN(c1ccc(Br)cc1)S(=O)(=O)c1ccccc1. The fourth-order valence-corrected chi connectivity index (χ4v) is 5.57. The predicted octanol–water partition coefficient (Wildman–Crippen LogP) is 4.21. The molecule has 0 saturated heterocycles. The zero-order chi connectivity index (χ0) is 27.0. The molecule has 0 radical (unpaired) electrons. The number of methoxy groups -OCH3 is 1. The highest BCUT2D eigenvalue weighted by Crippen LogP contribution is 2.26. The molecule has 3 rings (SSSR count). The van der Waals surface area contributed by atoms with E-state index in [1.807, 2.05) is 12.1 Å². The van der Waals surface area contributed by atoms with Gasteiger partial charge in [-0.3, -0.25) is 13.9 Å². The van der Waals surface area contributed by atoms with Gasteiger partial charge in [0.2, 0.25) is 11.8 Å². The summed E-state index contributed by atoms with van der Waals surface area (Å²) in [6, 6.07) is 21.0. The first-order valence-electron chi connectivity index (χ1n) is 11.7. The zero-order valence-electron chi connectivity index (χ0n) is 20.9. The standard InChI is InChI=1S/C27H30BrN3O5S/c1-4-25(27(33)29-2)30(18-20-10-16-23(36-3)17-11-20)26(32)19-31(22-14-12-21(28)13-15-22)37(34,35)24-8-6-5-7-9-24/h5-17,25H,4,18-19H2,1-3H3,(H,29,33)/t25-/m0/s1. The molecule has 196 valence electrons. The summed E-state index contributed by atoms with van der Waals surface area (Å²) >= 11 is 3.37. The van der Waals surface area contributed by atoms with Gasteiger partial charge in [-0.15, -0.1) is 0 Å². The van der Waals surface area contributed by atoms with Gasteiger partial charge in [-0.25, -0.2) is 8.42 Å². The molecule has 1 atom stereocenters. The van der Waals surface area contributed by atoms with Gasteiger partial charge in [0.15, 0.2) is 0 Å². The first-order valence-corrected chi connectivity index (χ1v) is 13.9. The van der Waals surface area contributed by atoms with Crippen molar-refractivity contribution in [2.24, 2.45) is 0 Å². The molecule has 0 fully saturated rings. The summed E-state index contributed by atoms with van der Waals surface area (Å²) in [6.45, 7) is 1.44. The minimum atomic E-state index is -4.08. The third-order valence-corrected chi connectivity index (χ3v) is 8.19. The van der Waals surface area contributed by atoms with Crippen LogP contribution in [0, 0.1) is 0 Å². The molecule has 0 aliphatic heterocycles. The van der Waals surface area contributed by atoms with Gasteiger partial charge in [-0.2, -0.15) is 0 Å². The predicted molar refractivity (Wildman–Crippen MR) is 147 cm³/mol. The maximum absolute atomic E-state index is 13.8. The first-order chi connectivity index (χ1) is 17.7. The zero-order valence-corrected chi connectivity index (χ0v) is 23.3. The van der Waals surface area contributed by atoms with Crippen molar-refractivity contribution in [1.82, 2.24) is 10.2 Å². The highest BCUT2D eigenvalue weighted by Gasteiger charge is 2.33. The lowest BCUT2D eigenvalue weighted by atomic mass is 10.1. The number of halogens is 1. The monoisotopic (exact) mass is 587 g/mol. The van der Waals surface area contributed by atoms with E-state index in [0.29, 0.717) is 17.9 Å². The van der Waals surface area contributed by atoms with E-state index < -0.39 is 28.5 Å². The molecule has 10 heteroatoms. The van der Waals surface area contributed by atoms with Gasteiger partial charge < -0.3 is 15.0 Å². The fraction of sp³-hybridized carbons (Fsp3) is 0.259. The van der Waals surface area contributed by atoms with Gasteiger partial charge in [-0.05, 0) is 60.5 Å². The van der Waals surface area contributed by atoms with E-state index in [9.17, 15) is 18.0 Å². The normalized spacial score (nSPS) is 11.9. The van der Waals surface area contributed by atoms with Crippen molar-refractivity contribution in [1.29, 1.82) is 0 Å². The summed E-state index contributed by atoms with van der Waals surface area (Å²) in [7, 11) is -1.01. The Balaban J connectivity index is 2.02. The molecular formula is C27H30BrN3O5S. The molecule has 3 aromatic rings. The number of sulfonamides is 1. The Morgan fingerprint density at radius 2 is 1.59 bits per heavy atom. The van der Waals surface area contributed by atoms with Crippen molar-refractivity contribution in [2.45, 2.75) is 30.8 Å². The number of anilines is 1. The lowest BCUT2D eigenvalue weighted by Gasteiger charge is -2.33. The topological polar surface area (TPSA) is 96.0 Å². The van der Waals surface area contributed by atoms with E-state index >= 15 is 0 Å². The first kappa shape index (κ1) is 28.2. The molecule has 2 amide bonds. The molecule has 0 heterocycles. The van der Waals surface area contributed by atoms with Crippen molar-refractivity contribution < 1.29 is 22.7 Å². The van der Waals surface area contributed by atoms with Crippen LogP contribution in [0.2, 0.25) is 0 Å². The smallest absolute Gasteiger partial charge is 0.264 e. The number of carbonyl (C=O) groups excluding carboxylic acids is 2. The second-order valence-corrected chi connectivity index (χ2v) is 11.0. The van der Waals surface area contributed by atoms with Crippen molar-refractivity contribution >= 4 is 43.5 Å². The molecule has 0 unspecified atom stereocenters. The molecule has 0 spiro atoms. The van der Waals surface area contributed by atoms with Crippen molar-refractivity contribution in [3.05, 3.63) is 88.9 Å². The summed E-state index contributed by atoms with van der Waals surface area (Å²) in [5, 5.41) is 2.61. The summed E-state index contributed by atoms with van der Waals surface area (Å²) in [5.41, 5.74) is 1.11. The highest BCUT2D eigenvalue weighted by atomic mass is 79.9. The second-order valence-electron chi connectivity index (χ2n) is 8.21. The van der Waals surface area contributed by atoms with Crippen LogP contribution in [0.15, 0.2) is 88.2 Å². The summed E-state index contributed by atoms with van der Waals surface area (Å²) in [5.74, 6) is -0.172. The maximum Gasteiger partial charge on any atom is 0.264 e. The molecule has 3 aromatic carbocycles. The largest absolute Gasteiger partial charge is 0.497 e. The van der Waals surface area contributed by atoms with Crippen LogP contribution in [0.5, 0.6) is 5.75 Å². The van der Waals surface area contributed by atoms with E-state index in [1.54, 1.807) is 68.6 Å². The van der Waals surface area contributed by atoms with Crippen LogP contribution in [-0.2, 0) is 26.2 Å². The number of nitrogens with zero attached hydrogens (tertiary/aromatic N) is 2. The molecule has 8 nitrogen and oxygen atoms in total. The average molecular weight is 589 g/mol. The number of hydrogen-bond acceptors (Lipinski definition) is 5. The van der Waals surface area contributed by atoms with Gasteiger partial charge >= 0.3 is 0 Å². The molecule has 0 aromatic heterocycles. The Bertz CT molecular complexity index is 1300. The number of ether oxygens (including phenoxy) is 1. The van der Waals surface area contributed by atoms with E-state index in [1.165, 1.54) is 24.1 Å². The van der Waals surface area contributed by atoms with Crippen LogP contribution in [0.3, 0.4) is 0 Å². The van der Waals surface area contributed by atoms with Crippen molar-refractivity contribution in [2.75, 3.05) is 25.0 Å². The summed E-state index contributed by atoms with van der Waals surface area (Å²) < 4.78 is 34.4.